The Morgan fingerprint density at radius 2 is 2.11 bits per heavy atom. The highest BCUT2D eigenvalue weighted by molar-refractivity contribution is 5.91. The molecule has 1 heterocycles. The number of fused-ring (bicyclic) bond motifs is 1. The lowest BCUT2D eigenvalue weighted by atomic mass is 10.1. The second-order valence-electron chi connectivity index (χ2n) is 3.84. The predicted molar refractivity (Wildman–Crippen MR) is 67.4 cm³/mol. The van der Waals surface area contributed by atoms with Crippen molar-refractivity contribution in [2.45, 2.75) is 6.92 Å². The van der Waals surface area contributed by atoms with Crippen LogP contribution in [0.4, 0.5) is 5.69 Å². The maximum atomic E-state index is 10.5. The summed E-state index contributed by atoms with van der Waals surface area (Å²) >= 11 is 0. The molecular weight excluding hydrogens is 230 g/mol. The molecule has 1 aromatic carbocycles. The summed E-state index contributed by atoms with van der Waals surface area (Å²) in [5.74, 6) is -1.35. The van der Waals surface area contributed by atoms with Gasteiger partial charge in [0.1, 0.15) is 0 Å². The maximum absolute atomic E-state index is 10.5. The van der Waals surface area contributed by atoms with E-state index in [9.17, 15) is 9.90 Å². The van der Waals surface area contributed by atoms with Gasteiger partial charge < -0.3 is 15.3 Å². The normalized spacial score (nSPS) is 10.1. The third-order valence-electron chi connectivity index (χ3n) is 2.44. The molecule has 0 spiro atoms. The molecule has 0 aliphatic rings. The standard InChI is InChI=1S/C13H13N3O2/c1-8-7-12(16-15-9(2)13(17)18)10-5-3-4-6-11(10)14-8/h3-7,15H,2H2,1H3,(H,14,16)(H,17,18)/p-1. The lowest BCUT2D eigenvalue weighted by Gasteiger charge is -2.14. The fourth-order valence-corrected chi connectivity index (χ4v) is 1.61. The quantitative estimate of drug-likeness (QED) is 0.610. The SMILES string of the molecule is C=C(NNc1cc(C)nc2ccccc12)C(=O)[O-]. The molecule has 0 radical (unpaired) electrons. The maximum Gasteiger partial charge on any atom is 0.0886 e. The summed E-state index contributed by atoms with van der Waals surface area (Å²) in [6.07, 6.45) is 0. The third-order valence-corrected chi connectivity index (χ3v) is 2.44. The van der Waals surface area contributed by atoms with Crippen LogP contribution in [-0.2, 0) is 4.79 Å². The van der Waals surface area contributed by atoms with Gasteiger partial charge in [-0.1, -0.05) is 24.8 Å². The number of aryl methyl sites for hydroxylation is 1. The number of hydrogen-bond donors (Lipinski definition) is 2. The van der Waals surface area contributed by atoms with Crippen molar-refractivity contribution in [1.82, 2.24) is 10.4 Å². The molecule has 18 heavy (non-hydrogen) atoms. The van der Waals surface area contributed by atoms with Gasteiger partial charge in [0.05, 0.1) is 22.9 Å². The molecule has 5 nitrogen and oxygen atoms in total. The first-order valence-electron chi connectivity index (χ1n) is 5.36. The molecule has 92 valence electrons. The number of aromatic nitrogens is 1. The van der Waals surface area contributed by atoms with Crippen LogP contribution in [0, 0.1) is 6.92 Å². The average Bonchev–Trinajstić information content (AvgIpc) is 2.35. The summed E-state index contributed by atoms with van der Waals surface area (Å²) in [4.78, 5) is 14.9. The van der Waals surface area contributed by atoms with E-state index in [1.54, 1.807) is 0 Å². The predicted octanol–water partition coefficient (Wildman–Crippen LogP) is 0.723. The number of carbonyl (C=O) groups is 1. The van der Waals surface area contributed by atoms with Crippen LogP contribution < -0.4 is 16.0 Å². The van der Waals surface area contributed by atoms with Gasteiger partial charge in [0.2, 0.25) is 0 Å². The Hall–Kier alpha value is -2.56. The van der Waals surface area contributed by atoms with E-state index in [-0.39, 0.29) is 5.70 Å². The number of nitrogens with zero attached hydrogens (tertiary/aromatic N) is 1. The zero-order chi connectivity index (χ0) is 13.1. The Balaban J connectivity index is 2.32. The van der Waals surface area contributed by atoms with Crippen molar-refractivity contribution in [1.29, 1.82) is 0 Å². The molecule has 2 rings (SSSR count). The first-order valence-corrected chi connectivity index (χ1v) is 5.36. The van der Waals surface area contributed by atoms with E-state index in [1.165, 1.54) is 0 Å². The van der Waals surface area contributed by atoms with Crippen LogP contribution in [0.5, 0.6) is 0 Å². The summed E-state index contributed by atoms with van der Waals surface area (Å²) in [6.45, 7) is 5.19. The summed E-state index contributed by atoms with van der Waals surface area (Å²) in [5, 5.41) is 11.4. The topological polar surface area (TPSA) is 77.1 Å². The lowest BCUT2D eigenvalue weighted by Crippen LogP contribution is -2.34. The first-order chi connectivity index (χ1) is 8.58. The average molecular weight is 242 g/mol. The summed E-state index contributed by atoms with van der Waals surface area (Å²) < 4.78 is 0. The molecule has 0 amide bonds. The Bertz CT molecular complexity index is 623. The van der Waals surface area contributed by atoms with Gasteiger partial charge in [-0.05, 0) is 19.1 Å². The number of anilines is 1. The van der Waals surface area contributed by atoms with E-state index in [4.69, 9.17) is 0 Å². The molecule has 0 saturated heterocycles. The number of rotatable bonds is 4. The number of para-hydroxylation sites is 1. The Morgan fingerprint density at radius 1 is 1.39 bits per heavy atom. The van der Waals surface area contributed by atoms with Gasteiger partial charge in [0, 0.05) is 11.1 Å². The van der Waals surface area contributed by atoms with Crippen LogP contribution in [-0.4, -0.2) is 11.0 Å². The molecule has 0 atom stereocenters. The number of aliphatic carboxylic acids is 1. The van der Waals surface area contributed by atoms with Gasteiger partial charge in [0.15, 0.2) is 0 Å². The van der Waals surface area contributed by atoms with Crippen LogP contribution in [0.15, 0.2) is 42.6 Å². The van der Waals surface area contributed by atoms with E-state index in [0.717, 1.165) is 22.3 Å². The van der Waals surface area contributed by atoms with Crippen molar-refractivity contribution in [2.75, 3.05) is 5.43 Å². The summed E-state index contributed by atoms with van der Waals surface area (Å²) in [7, 11) is 0. The fraction of sp³-hybridized carbons (Fsp3) is 0.0769. The second kappa shape index (κ2) is 4.75. The molecule has 0 aliphatic carbocycles. The van der Waals surface area contributed by atoms with E-state index < -0.39 is 5.97 Å². The van der Waals surface area contributed by atoms with Crippen LogP contribution in [0.2, 0.25) is 0 Å². The highest BCUT2D eigenvalue weighted by atomic mass is 16.4. The number of hydrogen-bond acceptors (Lipinski definition) is 5. The van der Waals surface area contributed by atoms with E-state index in [0.29, 0.717) is 0 Å². The van der Waals surface area contributed by atoms with Crippen LogP contribution in [0.1, 0.15) is 5.69 Å². The lowest BCUT2D eigenvalue weighted by molar-refractivity contribution is -0.299. The van der Waals surface area contributed by atoms with Crippen molar-refractivity contribution >= 4 is 22.6 Å². The first kappa shape index (κ1) is 11.9. The van der Waals surface area contributed by atoms with Gasteiger partial charge in [-0.2, -0.15) is 0 Å². The molecule has 0 saturated carbocycles. The van der Waals surface area contributed by atoms with E-state index in [2.05, 4.69) is 22.4 Å². The van der Waals surface area contributed by atoms with E-state index >= 15 is 0 Å². The van der Waals surface area contributed by atoms with Crippen molar-refractivity contribution in [3.8, 4) is 0 Å². The van der Waals surface area contributed by atoms with Crippen LogP contribution in [0.25, 0.3) is 10.9 Å². The van der Waals surface area contributed by atoms with Crippen molar-refractivity contribution in [3.05, 3.63) is 48.3 Å². The Morgan fingerprint density at radius 3 is 2.83 bits per heavy atom. The van der Waals surface area contributed by atoms with Gasteiger partial charge in [-0.25, -0.2) is 0 Å². The molecule has 0 bridgehead atoms. The van der Waals surface area contributed by atoms with Crippen molar-refractivity contribution in [2.24, 2.45) is 0 Å². The number of carboxylic acid groups (broad SMARTS) is 1. The Labute approximate surface area is 104 Å². The highest BCUT2D eigenvalue weighted by Crippen LogP contribution is 2.22. The number of benzene rings is 1. The molecule has 2 aromatic rings. The fourth-order valence-electron chi connectivity index (χ4n) is 1.61. The van der Waals surface area contributed by atoms with Gasteiger partial charge in [0.25, 0.3) is 0 Å². The monoisotopic (exact) mass is 242 g/mol. The molecular formula is C13H12N3O2-. The largest absolute Gasteiger partial charge is 0.543 e. The molecule has 0 unspecified atom stereocenters. The minimum absolute atomic E-state index is 0.228. The zero-order valence-corrected chi connectivity index (χ0v) is 9.86. The second-order valence-corrected chi connectivity index (χ2v) is 3.84. The highest BCUT2D eigenvalue weighted by Gasteiger charge is 2.03. The molecule has 0 fully saturated rings. The van der Waals surface area contributed by atoms with Crippen LogP contribution >= 0.6 is 0 Å². The van der Waals surface area contributed by atoms with Crippen molar-refractivity contribution in [3.63, 3.8) is 0 Å². The van der Waals surface area contributed by atoms with E-state index in [1.807, 2.05) is 37.3 Å². The number of carbonyl (C=O) groups excluding carboxylic acids is 1. The molecule has 5 heteroatoms. The zero-order valence-electron chi connectivity index (χ0n) is 9.86. The number of nitrogens with one attached hydrogen (secondary N) is 2. The molecule has 2 N–H and O–H groups in total. The number of hydrazine groups is 1. The third kappa shape index (κ3) is 2.40. The summed E-state index contributed by atoms with van der Waals surface area (Å²) in [5.41, 5.74) is 7.46. The minimum atomic E-state index is -1.35. The molecule has 1 aromatic heterocycles. The van der Waals surface area contributed by atoms with Crippen LogP contribution in [0.3, 0.4) is 0 Å². The smallest absolute Gasteiger partial charge is 0.0886 e. The molecule has 0 aliphatic heterocycles. The van der Waals surface area contributed by atoms with Crippen molar-refractivity contribution < 1.29 is 9.90 Å². The number of carboxylic acids is 1. The number of pyridine rings is 1. The Kier molecular flexibility index (Phi) is 3.14. The minimum Gasteiger partial charge on any atom is -0.543 e. The van der Waals surface area contributed by atoms with Gasteiger partial charge in [-0.3, -0.25) is 10.4 Å². The van der Waals surface area contributed by atoms with Gasteiger partial charge >= 0.3 is 0 Å². The summed E-state index contributed by atoms with van der Waals surface area (Å²) in [6, 6.07) is 9.39. The van der Waals surface area contributed by atoms with Gasteiger partial charge in [-0.15, -0.1) is 0 Å².